The lowest BCUT2D eigenvalue weighted by atomic mass is 9.99. The summed E-state index contributed by atoms with van der Waals surface area (Å²) in [6.45, 7) is 3.82. The molecule has 6 N–H and O–H groups in total. The minimum absolute atomic E-state index is 0.132. The van der Waals surface area contributed by atoms with Gasteiger partial charge in [-0.15, -0.1) is 0 Å². The van der Waals surface area contributed by atoms with Gasteiger partial charge in [0.25, 0.3) is 0 Å². The largest absolute Gasteiger partial charge is 0.394 e. The number of carbonyl (C=O) groups excluding carboxylic acids is 1. The molecule has 9 heteroatoms. The lowest BCUT2D eigenvalue weighted by molar-refractivity contribution is -0.302. The van der Waals surface area contributed by atoms with Crippen LogP contribution in [0, 0.1) is 0 Å². The van der Waals surface area contributed by atoms with E-state index in [4.69, 9.17) is 9.47 Å². The van der Waals surface area contributed by atoms with Crippen molar-refractivity contribution in [2.24, 2.45) is 0 Å². The van der Waals surface area contributed by atoms with Crippen molar-refractivity contribution in [2.75, 3.05) is 13.2 Å². The molecular formula is C40H79NO8. The molecule has 1 heterocycles. The number of rotatable bonds is 34. The van der Waals surface area contributed by atoms with E-state index < -0.39 is 49.5 Å². The fourth-order valence-electron chi connectivity index (χ4n) is 6.81. The second-order valence-corrected chi connectivity index (χ2v) is 14.8. The van der Waals surface area contributed by atoms with Crippen LogP contribution in [0.15, 0.2) is 0 Å². The highest BCUT2D eigenvalue weighted by atomic mass is 16.7. The minimum atomic E-state index is -1.55. The normalized spacial score (nSPS) is 22.3. The Bertz CT molecular complexity index is 741. The van der Waals surface area contributed by atoms with Gasteiger partial charge in [-0.1, -0.05) is 174 Å². The van der Waals surface area contributed by atoms with Gasteiger partial charge >= 0.3 is 0 Å². The Morgan fingerprint density at radius 3 is 1.45 bits per heavy atom. The average Bonchev–Trinajstić information content (AvgIpc) is 3.10. The van der Waals surface area contributed by atoms with Crippen molar-refractivity contribution in [2.45, 2.75) is 236 Å². The van der Waals surface area contributed by atoms with Gasteiger partial charge in [-0.05, 0) is 12.8 Å². The first-order valence-corrected chi connectivity index (χ1v) is 20.7. The molecule has 0 saturated carbocycles. The number of nitrogens with one attached hydrogen (secondary N) is 1. The summed E-state index contributed by atoms with van der Waals surface area (Å²) in [5.41, 5.74) is 0. The van der Waals surface area contributed by atoms with Crippen molar-refractivity contribution in [3.8, 4) is 0 Å². The number of aliphatic hydroxyl groups is 5. The molecule has 1 fully saturated rings. The Kier molecular flexibility index (Phi) is 30.1. The van der Waals surface area contributed by atoms with E-state index in [1.807, 2.05) is 0 Å². The third kappa shape index (κ3) is 23.4. The molecule has 0 spiro atoms. The van der Waals surface area contributed by atoms with Crippen LogP contribution in [0.4, 0.5) is 0 Å². The highest BCUT2D eigenvalue weighted by molar-refractivity contribution is 5.76. The SMILES string of the molecule is CCCCCCCCCCCCCCCC(=O)N[C@@H](COC1O[C@H](CO)[C@H](O)[C@H](O)[C@H]1O)[C@H](O)CCCCCCCCCCCCCCC. The molecule has 0 aromatic heterocycles. The zero-order valence-corrected chi connectivity index (χ0v) is 31.7. The van der Waals surface area contributed by atoms with Gasteiger partial charge in [0.2, 0.25) is 5.91 Å². The van der Waals surface area contributed by atoms with Gasteiger partial charge < -0.3 is 40.3 Å². The van der Waals surface area contributed by atoms with Crippen LogP contribution >= 0.6 is 0 Å². The van der Waals surface area contributed by atoms with Crippen molar-refractivity contribution < 1.29 is 39.8 Å². The molecule has 49 heavy (non-hydrogen) atoms. The summed E-state index contributed by atoms with van der Waals surface area (Å²) in [6, 6.07) is -0.709. The van der Waals surface area contributed by atoms with E-state index in [9.17, 15) is 30.3 Å². The van der Waals surface area contributed by atoms with Crippen LogP contribution in [0.3, 0.4) is 0 Å². The highest BCUT2D eigenvalue weighted by Crippen LogP contribution is 2.23. The van der Waals surface area contributed by atoms with Crippen LogP contribution in [0.5, 0.6) is 0 Å². The molecule has 0 aliphatic carbocycles. The van der Waals surface area contributed by atoms with Crippen molar-refractivity contribution in [3.05, 3.63) is 0 Å². The zero-order valence-electron chi connectivity index (χ0n) is 31.7. The number of ether oxygens (including phenoxy) is 2. The maximum absolute atomic E-state index is 12.9. The molecule has 0 bridgehead atoms. The monoisotopic (exact) mass is 702 g/mol. The van der Waals surface area contributed by atoms with Gasteiger partial charge in [0.1, 0.15) is 24.4 Å². The van der Waals surface area contributed by atoms with Crippen LogP contribution in [0.25, 0.3) is 0 Å². The maximum Gasteiger partial charge on any atom is 0.220 e. The molecular weight excluding hydrogens is 622 g/mol. The van der Waals surface area contributed by atoms with Crippen molar-refractivity contribution in [3.63, 3.8) is 0 Å². The molecule has 292 valence electrons. The first kappa shape index (κ1) is 46.2. The van der Waals surface area contributed by atoms with Crippen LogP contribution in [0.1, 0.15) is 194 Å². The van der Waals surface area contributed by atoms with E-state index in [1.165, 1.54) is 128 Å². The second kappa shape index (κ2) is 31.9. The van der Waals surface area contributed by atoms with Crippen LogP contribution < -0.4 is 5.32 Å². The third-order valence-corrected chi connectivity index (χ3v) is 10.2. The van der Waals surface area contributed by atoms with E-state index in [0.29, 0.717) is 12.8 Å². The molecule has 1 amide bonds. The van der Waals surface area contributed by atoms with E-state index in [0.717, 1.165) is 38.5 Å². The molecule has 7 atom stereocenters. The lowest BCUT2D eigenvalue weighted by Crippen LogP contribution is -2.60. The van der Waals surface area contributed by atoms with Crippen molar-refractivity contribution >= 4 is 5.91 Å². The molecule has 1 saturated heterocycles. The van der Waals surface area contributed by atoms with Gasteiger partial charge in [0.05, 0.1) is 25.4 Å². The van der Waals surface area contributed by atoms with E-state index >= 15 is 0 Å². The van der Waals surface area contributed by atoms with Gasteiger partial charge in [-0.3, -0.25) is 4.79 Å². The highest BCUT2D eigenvalue weighted by Gasteiger charge is 2.44. The number of amides is 1. The van der Waals surface area contributed by atoms with Gasteiger partial charge in [-0.2, -0.15) is 0 Å². The maximum atomic E-state index is 12.9. The Hall–Kier alpha value is -0.810. The molecule has 9 nitrogen and oxygen atoms in total. The van der Waals surface area contributed by atoms with Crippen molar-refractivity contribution in [1.82, 2.24) is 5.32 Å². The molecule has 1 aliphatic rings. The lowest BCUT2D eigenvalue weighted by Gasteiger charge is -2.40. The number of carbonyl (C=O) groups is 1. The Labute approximate surface area is 300 Å². The second-order valence-electron chi connectivity index (χ2n) is 14.8. The fourth-order valence-corrected chi connectivity index (χ4v) is 6.81. The Morgan fingerprint density at radius 2 is 1.02 bits per heavy atom. The Balaban J connectivity index is 2.38. The predicted molar refractivity (Wildman–Crippen MR) is 198 cm³/mol. The summed E-state index contributed by atoms with van der Waals surface area (Å²) in [5.74, 6) is -0.144. The zero-order chi connectivity index (χ0) is 36.0. The molecule has 1 aliphatic heterocycles. The fraction of sp³-hybridized carbons (Fsp3) is 0.975. The van der Waals surface area contributed by atoms with Crippen molar-refractivity contribution in [1.29, 1.82) is 0 Å². The number of unbranched alkanes of at least 4 members (excludes halogenated alkanes) is 24. The van der Waals surface area contributed by atoms with E-state index in [-0.39, 0.29) is 12.5 Å². The van der Waals surface area contributed by atoms with Gasteiger partial charge in [-0.25, -0.2) is 0 Å². The first-order chi connectivity index (χ1) is 23.8. The summed E-state index contributed by atoms with van der Waals surface area (Å²) in [6.07, 6.45) is 25.3. The summed E-state index contributed by atoms with van der Waals surface area (Å²) in [7, 11) is 0. The van der Waals surface area contributed by atoms with Crippen LogP contribution in [-0.2, 0) is 14.3 Å². The molecule has 1 unspecified atom stereocenters. The van der Waals surface area contributed by atoms with Crippen LogP contribution in [0.2, 0.25) is 0 Å². The molecule has 0 aromatic carbocycles. The third-order valence-electron chi connectivity index (χ3n) is 10.2. The molecule has 0 radical (unpaired) electrons. The average molecular weight is 702 g/mol. The number of hydrogen-bond donors (Lipinski definition) is 6. The molecule has 1 rings (SSSR count). The van der Waals surface area contributed by atoms with Gasteiger partial charge in [0, 0.05) is 6.42 Å². The summed E-state index contributed by atoms with van der Waals surface area (Å²) in [5, 5.41) is 54.1. The summed E-state index contributed by atoms with van der Waals surface area (Å²) >= 11 is 0. The van der Waals surface area contributed by atoms with Crippen LogP contribution in [-0.4, -0.2) is 87.5 Å². The molecule has 0 aromatic rings. The predicted octanol–water partition coefficient (Wildman–Crippen LogP) is 7.61. The van der Waals surface area contributed by atoms with E-state index in [1.54, 1.807) is 0 Å². The standard InChI is InChI=1S/C40H79NO8/c1-3-5-7-9-11-13-15-17-19-21-23-25-27-29-34(43)33(32-48-40-39(47)38(46)37(45)35(31-42)49-40)41-36(44)30-28-26-24-22-20-18-16-14-12-10-8-6-4-2/h33-35,37-40,42-43,45-47H,3-32H2,1-2H3,(H,41,44)/t33-,34+,35+,37-,38-,39+,40?/m0/s1. The summed E-state index contributed by atoms with van der Waals surface area (Å²) in [4.78, 5) is 12.9. The quantitative estimate of drug-likeness (QED) is 0.0376. The summed E-state index contributed by atoms with van der Waals surface area (Å²) < 4.78 is 11.2. The topological polar surface area (TPSA) is 149 Å². The number of hydrogen-bond acceptors (Lipinski definition) is 8. The smallest absolute Gasteiger partial charge is 0.220 e. The van der Waals surface area contributed by atoms with E-state index in [2.05, 4.69) is 19.2 Å². The minimum Gasteiger partial charge on any atom is -0.394 e. The van der Waals surface area contributed by atoms with Gasteiger partial charge in [0.15, 0.2) is 6.29 Å². The number of aliphatic hydroxyl groups excluding tert-OH is 5. The first-order valence-electron chi connectivity index (χ1n) is 20.7. The Morgan fingerprint density at radius 1 is 0.612 bits per heavy atom.